The van der Waals surface area contributed by atoms with Crippen LogP contribution in [0.25, 0.3) is 0 Å². The van der Waals surface area contributed by atoms with Crippen LogP contribution in [0.1, 0.15) is 22.7 Å². The third-order valence-corrected chi connectivity index (χ3v) is 3.68. The van der Waals surface area contributed by atoms with Crippen LogP contribution in [0.4, 0.5) is 4.39 Å². The second kappa shape index (κ2) is 6.18. The van der Waals surface area contributed by atoms with E-state index in [1.807, 2.05) is 43.4 Å². The van der Waals surface area contributed by atoms with Gasteiger partial charge in [0, 0.05) is 11.1 Å². The van der Waals surface area contributed by atoms with Crippen molar-refractivity contribution in [2.75, 3.05) is 7.05 Å². The minimum Gasteiger partial charge on any atom is -0.313 e. The minimum absolute atomic E-state index is 0.124. The summed E-state index contributed by atoms with van der Waals surface area (Å²) < 4.78 is 13.3. The molecule has 0 saturated heterocycles. The molecule has 0 aliphatic heterocycles. The van der Waals surface area contributed by atoms with Crippen molar-refractivity contribution in [3.8, 4) is 0 Å². The molecule has 0 aliphatic rings. The number of benzene rings is 2. The first-order valence-corrected chi connectivity index (χ1v) is 6.66. The first-order valence-electron chi connectivity index (χ1n) is 6.28. The molecule has 2 rings (SSSR count). The summed E-state index contributed by atoms with van der Waals surface area (Å²) >= 11 is 6.18. The van der Waals surface area contributed by atoms with Crippen molar-refractivity contribution in [1.82, 2.24) is 5.32 Å². The predicted octanol–water partition coefficient (Wildman–Crippen LogP) is 4.29. The lowest BCUT2D eigenvalue weighted by atomic mass is 9.97. The Hall–Kier alpha value is -1.38. The van der Waals surface area contributed by atoms with Gasteiger partial charge in [-0.1, -0.05) is 41.9 Å². The van der Waals surface area contributed by atoms with E-state index < -0.39 is 0 Å². The van der Waals surface area contributed by atoms with Gasteiger partial charge in [0.2, 0.25) is 0 Å². The molecule has 1 N–H and O–H groups in total. The zero-order chi connectivity index (χ0) is 13.8. The molecule has 0 spiro atoms. The molecular formula is C16H17ClFN. The Bertz CT molecular complexity index is 568. The average molecular weight is 278 g/mol. The Kier molecular flexibility index (Phi) is 4.56. The lowest BCUT2D eigenvalue weighted by Gasteiger charge is -2.18. The van der Waals surface area contributed by atoms with Crippen LogP contribution in [-0.4, -0.2) is 7.05 Å². The summed E-state index contributed by atoms with van der Waals surface area (Å²) in [6.07, 6.45) is 0.779. The van der Waals surface area contributed by atoms with Crippen molar-refractivity contribution < 1.29 is 4.39 Å². The Morgan fingerprint density at radius 1 is 1.21 bits per heavy atom. The van der Waals surface area contributed by atoms with E-state index in [1.165, 1.54) is 6.07 Å². The van der Waals surface area contributed by atoms with Gasteiger partial charge in [-0.3, -0.25) is 0 Å². The minimum atomic E-state index is -0.170. The van der Waals surface area contributed by atoms with Crippen LogP contribution in [0.2, 0.25) is 5.02 Å². The monoisotopic (exact) mass is 277 g/mol. The Labute approximate surface area is 118 Å². The second-order valence-electron chi connectivity index (χ2n) is 4.65. The maximum absolute atomic E-state index is 13.3. The van der Waals surface area contributed by atoms with Crippen molar-refractivity contribution in [3.05, 3.63) is 70.0 Å². The van der Waals surface area contributed by atoms with Crippen molar-refractivity contribution >= 4 is 11.6 Å². The molecule has 0 saturated carbocycles. The van der Waals surface area contributed by atoms with Gasteiger partial charge < -0.3 is 5.32 Å². The smallest absolute Gasteiger partial charge is 0.126 e. The van der Waals surface area contributed by atoms with Crippen LogP contribution >= 0.6 is 11.6 Å². The fourth-order valence-electron chi connectivity index (χ4n) is 2.16. The molecule has 0 amide bonds. The SMILES string of the molecule is CNC(Cc1ccccc1Cl)c1ccc(F)c(C)c1. The summed E-state index contributed by atoms with van der Waals surface area (Å²) in [7, 11) is 1.90. The number of aryl methyl sites for hydroxylation is 1. The number of hydrogen-bond donors (Lipinski definition) is 1. The molecule has 0 heterocycles. The van der Waals surface area contributed by atoms with Gasteiger partial charge in [0.1, 0.15) is 5.82 Å². The molecule has 1 atom stereocenters. The highest BCUT2D eigenvalue weighted by atomic mass is 35.5. The quantitative estimate of drug-likeness (QED) is 0.879. The lowest BCUT2D eigenvalue weighted by molar-refractivity contribution is 0.583. The summed E-state index contributed by atoms with van der Waals surface area (Å²) in [4.78, 5) is 0. The van der Waals surface area contributed by atoms with E-state index in [-0.39, 0.29) is 11.9 Å². The third kappa shape index (κ3) is 3.34. The lowest BCUT2D eigenvalue weighted by Crippen LogP contribution is -2.19. The molecule has 2 aromatic carbocycles. The highest BCUT2D eigenvalue weighted by Gasteiger charge is 2.13. The fourth-order valence-corrected chi connectivity index (χ4v) is 2.37. The largest absolute Gasteiger partial charge is 0.313 e. The maximum atomic E-state index is 13.3. The first kappa shape index (κ1) is 14.0. The zero-order valence-corrected chi connectivity index (χ0v) is 11.8. The van der Waals surface area contributed by atoms with Gasteiger partial charge in [-0.15, -0.1) is 0 Å². The van der Waals surface area contributed by atoms with Crippen molar-refractivity contribution in [2.45, 2.75) is 19.4 Å². The van der Waals surface area contributed by atoms with Crippen LogP contribution in [0.3, 0.4) is 0 Å². The van der Waals surface area contributed by atoms with E-state index in [9.17, 15) is 4.39 Å². The van der Waals surface area contributed by atoms with E-state index in [4.69, 9.17) is 11.6 Å². The molecule has 3 heteroatoms. The summed E-state index contributed by atoms with van der Waals surface area (Å²) in [5, 5.41) is 4.02. The second-order valence-corrected chi connectivity index (χ2v) is 5.05. The molecule has 0 aliphatic carbocycles. The van der Waals surface area contributed by atoms with Gasteiger partial charge in [-0.05, 0) is 49.2 Å². The Balaban J connectivity index is 2.25. The van der Waals surface area contributed by atoms with E-state index >= 15 is 0 Å². The molecule has 1 nitrogen and oxygen atoms in total. The highest BCUT2D eigenvalue weighted by molar-refractivity contribution is 6.31. The van der Waals surface area contributed by atoms with Crippen LogP contribution in [-0.2, 0) is 6.42 Å². The average Bonchev–Trinajstić information content (AvgIpc) is 2.41. The first-order chi connectivity index (χ1) is 9.11. The zero-order valence-electron chi connectivity index (χ0n) is 11.1. The summed E-state index contributed by atoms with van der Waals surface area (Å²) in [5.41, 5.74) is 2.82. The van der Waals surface area contributed by atoms with E-state index in [1.54, 1.807) is 6.92 Å². The number of likely N-dealkylation sites (N-methyl/N-ethyl adjacent to an activating group) is 1. The molecule has 0 fully saturated rings. The van der Waals surface area contributed by atoms with Crippen molar-refractivity contribution in [1.29, 1.82) is 0 Å². The van der Waals surface area contributed by atoms with E-state index in [0.29, 0.717) is 5.56 Å². The van der Waals surface area contributed by atoms with Crippen molar-refractivity contribution in [2.24, 2.45) is 0 Å². The molecule has 2 aromatic rings. The number of rotatable bonds is 4. The van der Waals surface area contributed by atoms with Crippen LogP contribution in [0.15, 0.2) is 42.5 Å². The highest BCUT2D eigenvalue weighted by Crippen LogP contribution is 2.24. The van der Waals surface area contributed by atoms with Crippen LogP contribution < -0.4 is 5.32 Å². The van der Waals surface area contributed by atoms with Crippen LogP contribution in [0.5, 0.6) is 0 Å². The standard InChI is InChI=1S/C16H17ClFN/c1-11-9-13(7-8-15(11)18)16(19-2)10-12-5-3-4-6-14(12)17/h3-9,16,19H,10H2,1-2H3. The maximum Gasteiger partial charge on any atom is 0.126 e. The van der Waals surface area contributed by atoms with Gasteiger partial charge >= 0.3 is 0 Å². The van der Waals surface area contributed by atoms with Gasteiger partial charge in [0.15, 0.2) is 0 Å². The van der Waals surface area contributed by atoms with Gasteiger partial charge in [0.25, 0.3) is 0 Å². The van der Waals surface area contributed by atoms with Gasteiger partial charge in [0.05, 0.1) is 0 Å². The molecule has 100 valence electrons. The Morgan fingerprint density at radius 3 is 2.58 bits per heavy atom. The molecule has 19 heavy (non-hydrogen) atoms. The summed E-state index contributed by atoms with van der Waals surface area (Å²) in [6, 6.07) is 13.1. The molecular weight excluding hydrogens is 261 g/mol. The third-order valence-electron chi connectivity index (χ3n) is 3.31. The van der Waals surface area contributed by atoms with E-state index in [2.05, 4.69) is 5.32 Å². The van der Waals surface area contributed by atoms with Gasteiger partial charge in [-0.25, -0.2) is 4.39 Å². The molecule has 1 unspecified atom stereocenters. The molecule has 0 aromatic heterocycles. The number of hydrogen-bond acceptors (Lipinski definition) is 1. The topological polar surface area (TPSA) is 12.0 Å². The summed E-state index contributed by atoms with van der Waals surface area (Å²) in [6.45, 7) is 1.78. The van der Waals surface area contributed by atoms with Crippen molar-refractivity contribution in [3.63, 3.8) is 0 Å². The molecule has 0 bridgehead atoms. The van der Waals surface area contributed by atoms with Crippen LogP contribution in [0, 0.1) is 12.7 Å². The predicted molar refractivity (Wildman–Crippen MR) is 78.1 cm³/mol. The van der Waals surface area contributed by atoms with E-state index in [0.717, 1.165) is 22.6 Å². The molecule has 0 radical (unpaired) electrons. The number of nitrogens with one attached hydrogen (secondary N) is 1. The normalized spacial score (nSPS) is 12.4. The number of halogens is 2. The fraction of sp³-hybridized carbons (Fsp3) is 0.250. The Morgan fingerprint density at radius 2 is 1.95 bits per heavy atom. The summed E-state index contributed by atoms with van der Waals surface area (Å²) in [5.74, 6) is -0.170. The van der Waals surface area contributed by atoms with Gasteiger partial charge in [-0.2, -0.15) is 0 Å².